The summed E-state index contributed by atoms with van der Waals surface area (Å²) < 4.78 is 1.83. The minimum absolute atomic E-state index is 0.365. The smallest absolute Gasteiger partial charge is 0.170 e. The van der Waals surface area contributed by atoms with Gasteiger partial charge in [-0.2, -0.15) is 0 Å². The van der Waals surface area contributed by atoms with Crippen LogP contribution < -0.4 is 5.73 Å². The summed E-state index contributed by atoms with van der Waals surface area (Å²) in [6.07, 6.45) is 2.60. The first-order valence-corrected chi connectivity index (χ1v) is 5.89. The second-order valence-electron chi connectivity index (χ2n) is 4.31. The molecule has 6 heteroatoms. The molecule has 0 amide bonds. The van der Waals surface area contributed by atoms with E-state index >= 15 is 0 Å². The third-order valence-electron chi connectivity index (χ3n) is 3.02. The van der Waals surface area contributed by atoms with Gasteiger partial charge in [0.05, 0.1) is 6.10 Å². The van der Waals surface area contributed by atoms with Crippen molar-refractivity contribution in [3.63, 3.8) is 0 Å². The summed E-state index contributed by atoms with van der Waals surface area (Å²) >= 11 is 0. The summed E-state index contributed by atoms with van der Waals surface area (Å²) in [4.78, 5) is 12.3. The van der Waals surface area contributed by atoms with Gasteiger partial charge in [-0.15, -0.1) is 0 Å². The molecule has 0 aliphatic heterocycles. The lowest BCUT2D eigenvalue weighted by molar-refractivity contribution is 0.199. The van der Waals surface area contributed by atoms with E-state index in [0.717, 1.165) is 11.3 Å². The standard InChI is InChI=1S/C13H13N5O/c1-8(19)9-2-4-10(5-3-9)18-7-17-11-12(14)15-6-16-13(11)18/h2-8,19H,1H3,(H2,14,15,16). The molecular formula is C13H13N5O. The summed E-state index contributed by atoms with van der Waals surface area (Å²) in [6.45, 7) is 1.73. The molecule has 0 saturated heterocycles. The van der Waals surface area contributed by atoms with Crippen LogP contribution in [0.15, 0.2) is 36.9 Å². The average Bonchev–Trinajstić information content (AvgIpc) is 2.84. The van der Waals surface area contributed by atoms with Gasteiger partial charge in [0.2, 0.25) is 0 Å². The van der Waals surface area contributed by atoms with Gasteiger partial charge >= 0.3 is 0 Å². The Kier molecular flexibility index (Phi) is 2.64. The molecule has 0 radical (unpaired) electrons. The number of aliphatic hydroxyl groups is 1. The number of hydrogen-bond acceptors (Lipinski definition) is 5. The second kappa shape index (κ2) is 4.33. The van der Waals surface area contributed by atoms with E-state index in [2.05, 4.69) is 15.0 Å². The van der Waals surface area contributed by atoms with Crippen LogP contribution in [-0.2, 0) is 0 Å². The molecule has 3 N–H and O–H groups in total. The lowest BCUT2D eigenvalue weighted by atomic mass is 10.1. The average molecular weight is 255 g/mol. The third-order valence-corrected chi connectivity index (χ3v) is 3.02. The van der Waals surface area contributed by atoms with Crippen molar-refractivity contribution in [1.82, 2.24) is 19.5 Å². The zero-order chi connectivity index (χ0) is 13.4. The van der Waals surface area contributed by atoms with E-state index in [1.165, 1.54) is 6.33 Å². The maximum atomic E-state index is 9.50. The van der Waals surface area contributed by atoms with Crippen LogP contribution in [0.5, 0.6) is 0 Å². The fraction of sp³-hybridized carbons (Fsp3) is 0.154. The minimum Gasteiger partial charge on any atom is -0.389 e. The first-order chi connectivity index (χ1) is 9.16. The summed E-state index contributed by atoms with van der Waals surface area (Å²) in [6, 6.07) is 7.55. The molecule has 6 nitrogen and oxygen atoms in total. The highest BCUT2D eigenvalue weighted by Crippen LogP contribution is 2.20. The molecule has 0 saturated carbocycles. The Hall–Kier alpha value is -2.47. The van der Waals surface area contributed by atoms with Crippen molar-refractivity contribution in [2.75, 3.05) is 5.73 Å². The van der Waals surface area contributed by atoms with Gasteiger partial charge in [-0.05, 0) is 24.6 Å². The molecule has 2 aromatic heterocycles. The number of anilines is 1. The van der Waals surface area contributed by atoms with Crippen molar-refractivity contribution in [1.29, 1.82) is 0 Å². The third kappa shape index (κ3) is 1.92. The largest absolute Gasteiger partial charge is 0.389 e. The molecule has 0 aliphatic carbocycles. The molecule has 1 aromatic carbocycles. The van der Waals surface area contributed by atoms with Crippen LogP contribution >= 0.6 is 0 Å². The minimum atomic E-state index is -0.480. The fourth-order valence-electron chi connectivity index (χ4n) is 1.96. The zero-order valence-corrected chi connectivity index (χ0v) is 10.4. The van der Waals surface area contributed by atoms with Gasteiger partial charge in [0, 0.05) is 5.69 Å². The molecule has 0 aliphatic rings. The Morgan fingerprint density at radius 2 is 1.89 bits per heavy atom. The number of benzene rings is 1. The normalized spacial score (nSPS) is 12.7. The lowest BCUT2D eigenvalue weighted by Gasteiger charge is -2.07. The number of aliphatic hydroxyl groups excluding tert-OH is 1. The first kappa shape index (κ1) is 11.6. The van der Waals surface area contributed by atoms with E-state index in [4.69, 9.17) is 5.73 Å². The predicted octanol–water partition coefficient (Wildman–Crippen LogP) is 1.45. The monoisotopic (exact) mass is 255 g/mol. The predicted molar refractivity (Wildman–Crippen MR) is 71.7 cm³/mol. The number of fused-ring (bicyclic) bond motifs is 1. The van der Waals surface area contributed by atoms with Crippen molar-refractivity contribution in [3.8, 4) is 5.69 Å². The van der Waals surface area contributed by atoms with E-state index in [-0.39, 0.29) is 0 Å². The maximum Gasteiger partial charge on any atom is 0.170 e. The van der Waals surface area contributed by atoms with E-state index in [0.29, 0.717) is 17.0 Å². The van der Waals surface area contributed by atoms with Crippen LogP contribution in [0, 0.1) is 0 Å². The molecule has 3 aromatic rings. The Bertz CT molecular complexity index is 717. The van der Waals surface area contributed by atoms with Gasteiger partial charge in [0.15, 0.2) is 17.0 Å². The SMILES string of the molecule is CC(O)c1ccc(-n2cnc3c(N)ncnc32)cc1. The molecule has 0 bridgehead atoms. The molecule has 2 heterocycles. The molecule has 0 spiro atoms. The summed E-state index contributed by atoms with van der Waals surface area (Å²) in [5.41, 5.74) is 8.77. The van der Waals surface area contributed by atoms with Gasteiger partial charge in [-0.25, -0.2) is 15.0 Å². The van der Waals surface area contributed by atoms with Gasteiger partial charge in [-0.3, -0.25) is 4.57 Å². The van der Waals surface area contributed by atoms with E-state index < -0.39 is 6.10 Å². The van der Waals surface area contributed by atoms with Gasteiger partial charge < -0.3 is 10.8 Å². The van der Waals surface area contributed by atoms with E-state index in [9.17, 15) is 5.11 Å². The Labute approximate surface area is 109 Å². The van der Waals surface area contributed by atoms with Crippen LogP contribution in [0.1, 0.15) is 18.6 Å². The molecule has 96 valence electrons. The second-order valence-corrected chi connectivity index (χ2v) is 4.31. The molecule has 19 heavy (non-hydrogen) atoms. The van der Waals surface area contributed by atoms with Crippen molar-refractivity contribution in [2.24, 2.45) is 0 Å². The number of rotatable bonds is 2. The van der Waals surface area contributed by atoms with Crippen LogP contribution in [0.25, 0.3) is 16.9 Å². The molecular weight excluding hydrogens is 242 g/mol. The summed E-state index contributed by atoms with van der Waals surface area (Å²) in [5.74, 6) is 0.365. The summed E-state index contributed by atoms with van der Waals surface area (Å²) in [7, 11) is 0. The number of aromatic nitrogens is 4. The fourth-order valence-corrected chi connectivity index (χ4v) is 1.96. The lowest BCUT2D eigenvalue weighted by Crippen LogP contribution is -1.97. The quantitative estimate of drug-likeness (QED) is 0.723. The zero-order valence-electron chi connectivity index (χ0n) is 10.4. The molecule has 1 unspecified atom stereocenters. The van der Waals surface area contributed by atoms with Crippen molar-refractivity contribution < 1.29 is 5.11 Å². The van der Waals surface area contributed by atoms with Crippen LogP contribution in [-0.4, -0.2) is 24.6 Å². The maximum absolute atomic E-state index is 9.50. The van der Waals surface area contributed by atoms with Crippen LogP contribution in [0.3, 0.4) is 0 Å². The number of nitrogens with two attached hydrogens (primary N) is 1. The number of imidazole rings is 1. The van der Waals surface area contributed by atoms with Crippen molar-refractivity contribution in [2.45, 2.75) is 13.0 Å². The number of nitrogens with zero attached hydrogens (tertiary/aromatic N) is 4. The van der Waals surface area contributed by atoms with Crippen LogP contribution in [0.4, 0.5) is 5.82 Å². The topological polar surface area (TPSA) is 89.8 Å². The number of nitrogen functional groups attached to an aromatic ring is 1. The molecule has 1 atom stereocenters. The van der Waals surface area contributed by atoms with Crippen molar-refractivity contribution >= 4 is 17.0 Å². The Morgan fingerprint density at radius 3 is 2.58 bits per heavy atom. The van der Waals surface area contributed by atoms with Gasteiger partial charge in [0.1, 0.15) is 12.7 Å². The van der Waals surface area contributed by atoms with Gasteiger partial charge in [-0.1, -0.05) is 12.1 Å². The molecule has 0 fully saturated rings. The number of hydrogen-bond donors (Lipinski definition) is 2. The van der Waals surface area contributed by atoms with Crippen LogP contribution in [0.2, 0.25) is 0 Å². The summed E-state index contributed by atoms with van der Waals surface area (Å²) in [5, 5.41) is 9.50. The van der Waals surface area contributed by atoms with E-state index in [1.54, 1.807) is 13.3 Å². The first-order valence-electron chi connectivity index (χ1n) is 5.89. The van der Waals surface area contributed by atoms with E-state index in [1.807, 2.05) is 28.8 Å². The molecule has 3 rings (SSSR count). The van der Waals surface area contributed by atoms with Crippen molar-refractivity contribution in [3.05, 3.63) is 42.5 Å². The van der Waals surface area contributed by atoms with Gasteiger partial charge in [0.25, 0.3) is 0 Å². The highest BCUT2D eigenvalue weighted by Gasteiger charge is 2.09. The highest BCUT2D eigenvalue weighted by molar-refractivity contribution is 5.82. The highest BCUT2D eigenvalue weighted by atomic mass is 16.3. The Morgan fingerprint density at radius 1 is 1.16 bits per heavy atom. The Balaban J connectivity index is 2.11.